The Morgan fingerprint density at radius 2 is 1.68 bits per heavy atom. The zero-order valence-corrected chi connectivity index (χ0v) is 20.5. The monoisotopic (exact) mass is 559 g/mol. The molecule has 2 aliphatic heterocycles. The van der Waals surface area contributed by atoms with E-state index in [0.717, 1.165) is 0 Å². The third kappa shape index (κ3) is 4.74. The van der Waals surface area contributed by atoms with Gasteiger partial charge in [-0.1, -0.05) is 18.2 Å². The molecule has 1 aliphatic carbocycles. The third-order valence-electron chi connectivity index (χ3n) is 7.28. The summed E-state index contributed by atoms with van der Waals surface area (Å²) in [5.74, 6) is -1.63. The zero-order chi connectivity index (χ0) is 28.2. The molecular formula is C28H21F4NO7. The fraction of sp³-hybridized carbons (Fsp3) is 0.286. The molecule has 2 atom stereocenters. The van der Waals surface area contributed by atoms with Gasteiger partial charge in [0, 0.05) is 18.1 Å². The number of fused-ring (bicyclic) bond motifs is 2. The van der Waals surface area contributed by atoms with Crippen molar-refractivity contribution in [2.75, 3.05) is 0 Å². The van der Waals surface area contributed by atoms with E-state index in [4.69, 9.17) is 4.74 Å². The number of benzene rings is 3. The predicted molar refractivity (Wildman–Crippen MR) is 129 cm³/mol. The molecule has 2 N–H and O–H groups in total. The van der Waals surface area contributed by atoms with Gasteiger partial charge in [-0.3, -0.25) is 4.79 Å². The molecule has 12 heteroatoms. The molecule has 40 heavy (non-hydrogen) atoms. The Morgan fingerprint density at radius 1 is 0.950 bits per heavy atom. The molecule has 3 aromatic carbocycles. The first-order chi connectivity index (χ1) is 19.0. The first-order valence-corrected chi connectivity index (χ1v) is 12.3. The Balaban J connectivity index is 1.28. The van der Waals surface area contributed by atoms with Crippen molar-refractivity contribution in [1.29, 1.82) is 0 Å². The Labute approximate surface area is 224 Å². The second-order valence-electron chi connectivity index (χ2n) is 9.78. The lowest BCUT2D eigenvalue weighted by atomic mass is 9.90. The minimum absolute atomic E-state index is 0.0783. The van der Waals surface area contributed by atoms with Gasteiger partial charge in [-0.15, -0.1) is 8.78 Å². The van der Waals surface area contributed by atoms with Gasteiger partial charge in [0.2, 0.25) is 5.91 Å². The zero-order valence-electron chi connectivity index (χ0n) is 20.5. The average Bonchev–Trinajstić information content (AvgIpc) is 3.65. The van der Waals surface area contributed by atoms with Gasteiger partial charge in [-0.05, 0) is 60.4 Å². The third-order valence-corrected chi connectivity index (χ3v) is 7.28. The van der Waals surface area contributed by atoms with Crippen LogP contribution in [0.4, 0.5) is 17.6 Å². The van der Waals surface area contributed by atoms with Crippen molar-refractivity contribution in [3.8, 4) is 23.0 Å². The van der Waals surface area contributed by atoms with Crippen molar-refractivity contribution < 1.29 is 51.2 Å². The summed E-state index contributed by atoms with van der Waals surface area (Å²) < 4.78 is 72.3. The van der Waals surface area contributed by atoms with Crippen LogP contribution in [0, 0.1) is 0 Å². The van der Waals surface area contributed by atoms with Gasteiger partial charge in [0.15, 0.2) is 11.5 Å². The van der Waals surface area contributed by atoms with Crippen molar-refractivity contribution in [2.24, 2.45) is 0 Å². The summed E-state index contributed by atoms with van der Waals surface area (Å²) in [7, 11) is 0. The number of carbonyl (C=O) groups is 2. The van der Waals surface area contributed by atoms with Crippen LogP contribution in [0.2, 0.25) is 0 Å². The molecule has 1 amide bonds. The standard InChI is InChI=1S/C28H21F4NO7/c29-26(30)37-17-6-7-18-19(13-21(38-22(18)12-17)14-1-3-15(4-2-14)24(34)35)33-25(36)27(9-10-27)16-5-8-20-23(11-16)40-28(31,32)39-20/h1-8,11-12,19,21,26H,9-10,13H2,(H,33,36)(H,34,35)/t19-,21-/m1/s1. The molecule has 0 spiro atoms. The topological polar surface area (TPSA) is 103 Å². The second-order valence-corrected chi connectivity index (χ2v) is 9.78. The van der Waals surface area contributed by atoms with E-state index in [1.165, 1.54) is 42.5 Å². The lowest BCUT2D eigenvalue weighted by Crippen LogP contribution is -2.39. The van der Waals surface area contributed by atoms with Gasteiger partial charge >= 0.3 is 18.9 Å². The van der Waals surface area contributed by atoms with Crippen LogP contribution >= 0.6 is 0 Å². The largest absolute Gasteiger partial charge is 0.586 e. The van der Waals surface area contributed by atoms with Gasteiger partial charge in [-0.2, -0.15) is 8.78 Å². The number of hydrogen-bond donors (Lipinski definition) is 2. The van der Waals surface area contributed by atoms with Crippen LogP contribution in [0.1, 0.15) is 58.5 Å². The highest BCUT2D eigenvalue weighted by Gasteiger charge is 2.53. The van der Waals surface area contributed by atoms with E-state index in [0.29, 0.717) is 29.5 Å². The highest BCUT2D eigenvalue weighted by atomic mass is 19.3. The van der Waals surface area contributed by atoms with Crippen molar-refractivity contribution in [2.45, 2.75) is 49.7 Å². The molecule has 0 unspecified atom stereocenters. The van der Waals surface area contributed by atoms with Crippen LogP contribution in [0.15, 0.2) is 60.7 Å². The number of rotatable bonds is 7. The van der Waals surface area contributed by atoms with E-state index in [1.807, 2.05) is 0 Å². The Bertz CT molecular complexity index is 1490. The van der Waals surface area contributed by atoms with Gasteiger partial charge in [0.1, 0.15) is 17.6 Å². The van der Waals surface area contributed by atoms with Crippen molar-refractivity contribution >= 4 is 11.9 Å². The summed E-state index contributed by atoms with van der Waals surface area (Å²) in [4.78, 5) is 24.9. The molecule has 6 rings (SSSR count). The molecule has 0 aromatic heterocycles. The maximum atomic E-state index is 13.6. The Morgan fingerprint density at radius 3 is 2.35 bits per heavy atom. The highest BCUT2D eigenvalue weighted by Crippen LogP contribution is 2.53. The minimum Gasteiger partial charge on any atom is -0.485 e. The van der Waals surface area contributed by atoms with E-state index >= 15 is 0 Å². The fourth-order valence-corrected chi connectivity index (χ4v) is 5.12. The van der Waals surface area contributed by atoms with E-state index in [1.54, 1.807) is 18.2 Å². The van der Waals surface area contributed by atoms with Crippen molar-refractivity contribution in [3.05, 3.63) is 82.9 Å². The number of alkyl halides is 4. The van der Waals surface area contributed by atoms with Crippen LogP contribution in [0.3, 0.4) is 0 Å². The van der Waals surface area contributed by atoms with Crippen LogP contribution in [0.25, 0.3) is 0 Å². The number of aromatic carboxylic acids is 1. The summed E-state index contributed by atoms with van der Waals surface area (Å²) in [5.41, 5.74) is 0.766. The molecule has 1 fully saturated rings. The lowest BCUT2D eigenvalue weighted by molar-refractivity contribution is -0.286. The number of halogens is 4. The van der Waals surface area contributed by atoms with Crippen molar-refractivity contribution in [1.82, 2.24) is 5.32 Å². The first kappa shape index (κ1) is 25.8. The van der Waals surface area contributed by atoms with E-state index in [2.05, 4.69) is 19.5 Å². The normalized spacial score (nSPS) is 21.2. The number of nitrogens with one attached hydrogen (secondary N) is 1. The van der Waals surface area contributed by atoms with Crippen LogP contribution in [-0.2, 0) is 10.2 Å². The molecule has 8 nitrogen and oxygen atoms in total. The smallest absolute Gasteiger partial charge is 0.485 e. The molecule has 0 radical (unpaired) electrons. The summed E-state index contributed by atoms with van der Waals surface area (Å²) in [6.07, 6.45) is -3.22. The minimum atomic E-state index is -3.78. The Hall–Kier alpha value is -4.48. The van der Waals surface area contributed by atoms with E-state index in [9.17, 15) is 32.3 Å². The molecule has 208 valence electrons. The van der Waals surface area contributed by atoms with Gasteiger partial charge in [0.25, 0.3) is 0 Å². The molecule has 3 aromatic rings. The number of carboxylic acids is 1. The van der Waals surface area contributed by atoms with Crippen LogP contribution < -0.4 is 24.3 Å². The summed E-state index contributed by atoms with van der Waals surface area (Å²) in [5, 5.41) is 12.2. The number of carbonyl (C=O) groups excluding carboxylic acids is 1. The van der Waals surface area contributed by atoms with Crippen LogP contribution in [0.5, 0.6) is 23.0 Å². The van der Waals surface area contributed by atoms with Crippen LogP contribution in [-0.4, -0.2) is 29.9 Å². The van der Waals surface area contributed by atoms with Gasteiger partial charge in [-0.25, -0.2) is 4.79 Å². The first-order valence-electron chi connectivity index (χ1n) is 12.3. The van der Waals surface area contributed by atoms with E-state index in [-0.39, 0.29) is 40.9 Å². The quantitative estimate of drug-likeness (QED) is 0.357. The summed E-state index contributed by atoms with van der Waals surface area (Å²) >= 11 is 0. The van der Waals surface area contributed by atoms with Crippen molar-refractivity contribution in [3.63, 3.8) is 0 Å². The molecule has 1 saturated carbocycles. The SMILES string of the molecule is O=C(O)c1ccc([C@H]2C[C@@H](NC(=O)C3(c4ccc5c(c4)OC(F)(F)O5)CC3)c3ccc(OC(F)F)cc3O2)cc1. The fourth-order valence-electron chi connectivity index (χ4n) is 5.12. The number of ether oxygens (including phenoxy) is 4. The number of hydrogen-bond acceptors (Lipinski definition) is 6. The Kier molecular flexibility index (Phi) is 6.00. The average molecular weight is 559 g/mol. The summed E-state index contributed by atoms with van der Waals surface area (Å²) in [6, 6.07) is 13.8. The van der Waals surface area contributed by atoms with Gasteiger partial charge in [0.05, 0.1) is 17.0 Å². The molecule has 3 aliphatic rings. The summed E-state index contributed by atoms with van der Waals surface area (Å²) in [6.45, 7) is -3.05. The van der Waals surface area contributed by atoms with Gasteiger partial charge < -0.3 is 29.4 Å². The second kappa shape index (κ2) is 9.32. The highest BCUT2D eigenvalue weighted by molar-refractivity contribution is 5.92. The predicted octanol–water partition coefficient (Wildman–Crippen LogP) is 5.72. The van der Waals surface area contributed by atoms with E-state index < -0.39 is 36.4 Å². The molecular weight excluding hydrogens is 538 g/mol. The number of amides is 1. The lowest BCUT2D eigenvalue weighted by Gasteiger charge is -2.34. The molecule has 0 saturated heterocycles. The molecule has 0 bridgehead atoms. The maximum absolute atomic E-state index is 13.6. The number of carboxylic acid groups (broad SMARTS) is 1. The maximum Gasteiger partial charge on any atom is 0.586 e. The molecule has 2 heterocycles.